The third kappa shape index (κ3) is 4.17. The summed E-state index contributed by atoms with van der Waals surface area (Å²) in [5.41, 5.74) is 1.28. The highest BCUT2D eigenvalue weighted by molar-refractivity contribution is 5.96. The minimum absolute atomic E-state index is 0.0890. The van der Waals surface area contributed by atoms with E-state index in [1.165, 1.54) is 0 Å². The van der Waals surface area contributed by atoms with Gasteiger partial charge in [0.05, 0.1) is 17.9 Å². The van der Waals surface area contributed by atoms with Crippen LogP contribution in [0.25, 0.3) is 0 Å². The normalized spacial score (nSPS) is 14.0. The third-order valence-corrected chi connectivity index (χ3v) is 4.19. The summed E-state index contributed by atoms with van der Waals surface area (Å²) in [7, 11) is 0. The highest BCUT2D eigenvalue weighted by Gasteiger charge is 2.20. The predicted octanol–water partition coefficient (Wildman–Crippen LogP) is 3.02. The van der Waals surface area contributed by atoms with Crippen LogP contribution in [0.15, 0.2) is 36.5 Å². The van der Waals surface area contributed by atoms with E-state index in [0.717, 1.165) is 32.4 Å². The number of ether oxygens (including phenoxy) is 1. The Bertz CT molecular complexity index is 788. The van der Waals surface area contributed by atoms with Crippen molar-refractivity contribution < 1.29 is 14.3 Å². The zero-order valence-corrected chi connectivity index (χ0v) is 14.8. The van der Waals surface area contributed by atoms with Crippen LogP contribution in [0, 0.1) is 0 Å². The van der Waals surface area contributed by atoms with Crippen molar-refractivity contribution in [3.05, 3.63) is 47.8 Å². The number of esters is 1. The van der Waals surface area contributed by atoms with Crippen molar-refractivity contribution >= 4 is 23.5 Å². The van der Waals surface area contributed by atoms with Gasteiger partial charge in [-0.05, 0) is 44.4 Å². The molecule has 7 heteroatoms. The van der Waals surface area contributed by atoms with Crippen molar-refractivity contribution in [3.63, 3.8) is 0 Å². The zero-order valence-electron chi connectivity index (χ0n) is 14.8. The molecule has 26 heavy (non-hydrogen) atoms. The number of amides is 1. The van der Waals surface area contributed by atoms with Crippen LogP contribution in [0.2, 0.25) is 0 Å². The van der Waals surface area contributed by atoms with Gasteiger partial charge in [0.2, 0.25) is 5.95 Å². The molecule has 1 N–H and O–H groups in total. The first-order valence-corrected chi connectivity index (χ1v) is 8.84. The number of nitrogens with one attached hydrogen (secondary N) is 1. The minimum Gasteiger partial charge on any atom is -0.462 e. The molecule has 3 rings (SSSR count). The molecule has 0 spiro atoms. The minimum atomic E-state index is -0.420. The fourth-order valence-electron chi connectivity index (χ4n) is 2.90. The topological polar surface area (TPSA) is 84.4 Å². The van der Waals surface area contributed by atoms with Gasteiger partial charge in [0, 0.05) is 19.3 Å². The Hall–Kier alpha value is -2.96. The SMILES string of the molecule is CCOC(=O)c1ccccc1Nc1nccc(C(=O)N2CCCCC2)n1. The summed E-state index contributed by atoms with van der Waals surface area (Å²) in [6.45, 7) is 3.57. The van der Waals surface area contributed by atoms with Crippen molar-refractivity contribution in [2.45, 2.75) is 26.2 Å². The lowest BCUT2D eigenvalue weighted by Gasteiger charge is -2.26. The number of anilines is 2. The van der Waals surface area contributed by atoms with Crippen LogP contribution in [0.1, 0.15) is 47.0 Å². The number of hydrogen-bond donors (Lipinski definition) is 1. The molecular weight excluding hydrogens is 332 g/mol. The van der Waals surface area contributed by atoms with E-state index < -0.39 is 5.97 Å². The second-order valence-electron chi connectivity index (χ2n) is 6.01. The molecule has 0 unspecified atom stereocenters. The second kappa shape index (κ2) is 8.42. The van der Waals surface area contributed by atoms with E-state index in [2.05, 4.69) is 15.3 Å². The Morgan fingerprint density at radius 1 is 1.15 bits per heavy atom. The average Bonchev–Trinajstić information content (AvgIpc) is 2.69. The number of carbonyl (C=O) groups excluding carboxylic acids is 2. The van der Waals surface area contributed by atoms with Gasteiger partial charge in [-0.3, -0.25) is 4.79 Å². The Kier molecular flexibility index (Phi) is 5.78. The predicted molar refractivity (Wildman–Crippen MR) is 97.5 cm³/mol. The van der Waals surface area contributed by atoms with Crippen LogP contribution in [-0.4, -0.2) is 46.4 Å². The highest BCUT2D eigenvalue weighted by Crippen LogP contribution is 2.20. The van der Waals surface area contributed by atoms with Crippen molar-refractivity contribution in [1.82, 2.24) is 14.9 Å². The van der Waals surface area contributed by atoms with Crippen LogP contribution in [0.5, 0.6) is 0 Å². The molecule has 1 aromatic heterocycles. The molecule has 1 aliphatic heterocycles. The fourth-order valence-corrected chi connectivity index (χ4v) is 2.90. The Morgan fingerprint density at radius 2 is 1.92 bits per heavy atom. The van der Waals surface area contributed by atoms with Gasteiger partial charge >= 0.3 is 5.97 Å². The molecule has 1 saturated heterocycles. The molecule has 0 aliphatic carbocycles. The first-order valence-electron chi connectivity index (χ1n) is 8.84. The fraction of sp³-hybridized carbons (Fsp3) is 0.368. The number of piperidine rings is 1. The monoisotopic (exact) mass is 354 g/mol. The van der Waals surface area contributed by atoms with Crippen molar-refractivity contribution in [2.24, 2.45) is 0 Å². The van der Waals surface area contributed by atoms with E-state index in [0.29, 0.717) is 23.6 Å². The number of aromatic nitrogens is 2. The summed E-state index contributed by atoms with van der Waals surface area (Å²) >= 11 is 0. The molecule has 1 amide bonds. The molecule has 0 saturated carbocycles. The Morgan fingerprint density at radius 3 is 2.69 bits per heavy atom. The quantitative estimate of drug-likeness (QED) is 0.831. The van der Waals surface area contributed by atoms with Crippen LogP contribution < -0.4 is 5.32 Å². The van der Waals surface area contributed by atoms with Gasteiger partial charge < -0.3 is 15.0 Å². The number of benzene rings is 1. The van der Waals surface area contributed by atoms with Crippen molar-refractivity contribution in [2.75, 3.05) is 25.0 Å². The molecular formula is C19H22N4O3. The number of hydrogen-bond acceptors (Lipinski definition) is 6. The van der Waals surface area contributed by atoms with Gasteiger partial charge in [-0.2, -0.15) is 0 Å². The van der Waals surface area contributed by atoms with E-state index in [1.807, 2.05) is 4.90 Å². The lowest BCUT2D eigenvalue weighted by molar-refractivity contribution is 0.0527. The number of para-hydroxylation sites is 1. The van der Waals surface area contributed by atoms with Gasteiger partial charge in [0.15, 0.2) is 0 Å². The molecule has 1 fully saturated rings. The highest BCUT2D eigenvalue weighted by atomic mass is 16.5. The summed E-state index contributed by atoms with van der Waals surface area (Å²) in [5, 5.41) is 3.02. The smallest absolute Gasteiger partial charge is 0.340 e. The largest absolute Gasteiger partial charge is 0.462 e. The third-order valence-electron chi connectivity index (χ3n) is 4.19. The van der Waals surface area contributed by atoms with Crippen LogP contribution in [-0.2, 0) is 4.74 Å². The Labute approximate surface area is 152 Å². The molecule has 0 radical (unpaired) electrons. The van der Waals surface area contributed by atoms with E-state index in [9.17, 15) is 9.59 Å². The van der Waals surface area contributed by atoms with E-state index >= 15 is 0 Å². The maximum Gasteiger partial charge on any atom is 0.340 e. The first-order chi connectivity index (χ1) is 12.7. The molecule has 0 bridgehead atoms. The number of likely N-dealkylation sites (tertiary alicyclic amines) is 1. The van der Waals surface area contributed by atoms with Crippen LogP contribution >= 0.6 is 0 Å². The summed E-state index contributed by atoms with van der Waals surface area (Å²) in [6.07, 6.45) is 4.74. The van der Waals surface area contributed by atoms with Gasteiger partial charge in [0.25, 0.3) is 5.91 Å². The van der Waals surface area contributed by atoms with Gasteiger partial charge in [-0.1, -0.05) is 12.1 Å². The average molecular weight is 354 g/mol. The second-order valence-corrected chi connectivity index (χ2v) is 6.01. The summed E-state index contributed by atoms with van der Waals surface area (Å²) < 4.78 is 5.07. The zero-order chi connectivity index (χ0) is 18.4. The lowest BCUT2D eigenvalue weighted by Crippen LogP contribution is -2.36. The maximum absolute atomic E-state index is 12.6. The molecule has 1 aliphatic rings. The number of rotatable bonds is 5. The van der Waals surface area contributed by atoms with Crippen molar-refractivity contribution in [1.29, 1.82) is 0 Å². The lowest BCUT2D eigenvalue weighted by atomic mass is 10.1. The number of nitrogens with zero attached hydrogens (tertiary/aromatic N) is 3. The van der Waals surface area contributed by atoms with Crippen LogP contribution in [0.4, 0.5) is 11.6 Å². The molecule has 1 aromatic carbocycles. The maximum atomic E-state index is 12.6. The van der Waals surface area contributed by atoms with Crippen LogP contribution in [0.3, 0.4) is 0 Å². The summed E-state index contributed by atoms with van der Waals surface area (Å²) in [6, 6.07) is 8.58. The summed E-state index contributed by atoms with van der Waals surface area (Å²) in [4.78, 5) is 35.0. The molecule has 136 valence electrons. The summed E-state index contributed by atoms with van der Waals surface area (Å²) in [5.74, 6) is -0.241. The van der Waals surface area contributed by atoms with Gasteiger partial charge in [0.1, 0.15) is 5.69 Å². The first kappa shape index (κ1) is 17.8. The van der Waals surface area contributed by atoms with E-state index in [-0.39, 0.29) is 11.9 Å². The van der Waals surface area contributed by atoms with E-state index in [4.69, 9.17) is 4.74 Å². The molecule has 7 nitrogen and oxygen atoms in total. The number of carbonyl (C=O) groups is 2. The van der Waals surface area contributed by atoms with Crippen molar-refractivity contribution in [3.8, 4) is 0 Å². The van der Waals surface area contributed by atoms with Gasteiger partial charge in [-0.15, -0.1) is 0 Å². The molecule has 2 aromatic rings. The van der Waals surface area contributed by atoms with Gasteiger partial charge in [-0.25, -0.2) is 14.8 Å². The Balaban J connectivity index is 1.79. The molecule has 0 atom stereocenters. The standard InChI is InChI=1S/C19H22N4O3/c1-2-26-18(25)14-8-4-5-9-15(14)21-19-20-11-10-16(22-19)17(24)23-12-6-3-7-13-23/h4-5,8-11H,2-3,6-7,12-13H2,1H3,(H,20,21,22). The molecule has 2 heterocycles. The van der Waals surface area contributed by atoms with E-state index in [1.54, 1.807) is 43.5 Å².